The van der Waals surface area contributed by atoms with Crippen LogP contribution in [0.4, 0.5) is 0 Å². The molecule has 0 aliphatic carbocycles. The van der Waals surface area contributed by atoms with Crippen molar-refractivity contribution in [3.05, 3.63) is 35.4 Å². The van der Waals surface area contributed by atoms with E-state index < -0.39 is 0 Å². The van der Waals surface area contributed by atoms with E-state index in [-0.39, 0.29) is 17.9 Å². The van der Waals surface area contributed by atoms with E-state index in [0.717, 1.165) is 6.54 Å². The largest absolute Gasteiger partial charge is 0.351 e. The van der Waals surface area contributed by atoms with Crippen molar-refractivity contribution in [3.63, 3.8) is 0 Å². The lowest BCUT2D eigenvalue weighted by Crippen LogP contribution is -2.31. The van der Waals surface area contributed by atoms with Gasteiger partial charge in [0.05, 0.1) is 0 Å². The average Bonchev–Trinajstić information content (AvgIpc) is 2.37. The highest BCUT2D eigenvalue weighted by molar-refractivity contribution is 5.97. The molecule has 2 amide bonds. The SMILES string of the molecule is CC(C)NC(=O)c1ccc(C(=O)NCCN(C)C)cc1. The number of nitrogens with zero attached hydrogens (tertiary/aromatic N) is 1. The highest BCUT2D eigenvalue weighted by Gasteiger charge is 2.09. The van der Waals surface area contributed by atoms with E-state index in [4.69, 9.17) is 0 Å². The number of carbonyl (C=O) groups is 2. The van der Waals surface area contributed by atoms with Gasteiger partial charge in [0, 0.05) is 30.3 Å². The number of hydrogen-bond acceptors (Lipinski definition) is 3. The van der Waals surface area contributed by atoms with Crippen molar-refractivity contribution in [1.82, 2.24) is 15.5 Å². The minimum Gasteiger partial charge on any atom is -0.351 e. The molecule has 0 spiro atoms. The van der Waals surface area contributed by atoms with Crippen LogP contribution >= 0.6 is 0 Å². The summed E-state index contributed by atoms with van der Waals surface area (Å²) in [5, 5.41) is 5.64. The zero-order valence-electron chi connectivity index (χ0n) is 12.6. The smallest absolute Gasteiger partial charge is 0.251 e. The van der Waals surface area contributed by atoms with Gasteiger partial charge in [-0.1, -0.05) is 0 Å². The number of benzene rings is 1. The molecule has 1 aromatic rings. The molecule has 0 aliphatic heterocycles. The molecule has 0 aliphatic rings. The maximum Gasteiger partial charge on any atom is 0.251 e. The van der Waals surface area contributed by atoms with Crippen LogP contribution in [0.3, 0.4) is 0 Å². The zero-order chi connectivity index (χ0) is 15.1. The third kappa shape index (κ3) is 5.40. The molecule has 0 atom stereocenters. The van der Waals surface area contributed by atoms with Crippen molar-refractivity contribution >= 4 is 11.8 Å². The monoisotopic (exact) mass is 277 g/mol. The Balaban J connectivity index is 2.57. The van der Waals surface area contributed by atoms with Gasteiger partial charge in [-0.2, -0.15) is 0 Å². The normalized spacial score (nSPS) is 10.7. The van der Waals surface area contributed by atoms with Gasteiger partial charge in [-0.25, -0.2) is 0 Å². The Labute approximate surface area is 120 Å². The van der Waals surface area contributed by atoms with Crippen LogP contribution < -0.4 is 10.6 Å². The highest BCUT2D eigenvalue weighted by Crippen LogP contribution is 2.05. The van der Waals surface area contributed by atoms with E-state index in [1.54, 1.807) is 24.3 Å². The van der Waals surface area contributed by atoms with Crippen LogP contribution in [0, 0.1) is 0 Å². The lowest BCUT2D eigenvalue weighted by atomic mass is 10.1. The molecule has 20 heavy (non-hydrogen) atoms. The second kappa shape index (κ2) is 7.65. The van der Waals surface area contributed by atoms with Crippen molar-refractivity contribution in [3.8, 4) is 0 Å². The third-order valence-electron chi connectivity index (χ3n) is 2.67. The minimum absolute atomic E-state index is 0.0940. The predicted octanol–water partition coefficient (Wildman–Crippen LogP) is 1.12. The first-order valence-corrected chi connectivity index (χ1v) is 6.74. The Bertz CT molecular complexity index is 453. The van der Waals surface area contributed by atoms with Crippen LogP contribution in [0.25, 0.3) is 0 Å². The first-order valence-electron chi connectivity index (χ1n) is 6.74. The van der Waals surface area contributed by atoms with Crippen molar-refractivity contribution in [2.75, 3.05) is 27.2 Å². The number of likely N-dealkylation sites (N-methyl/N-ethyl adjacent to an activating group) is 1. The first kappa shape index (κ1) is 16.2. The number of carbonyl (C=O) groups excluding carboxylic acids is 2. The van der Waals surface area contributed by atoms with Gasteiger partial charge in [0.1, 0.15) is 0 Å². The molecule has 0 heterocycles. The second-order valence-electron chi connectivity index (χ2n) is 5.26. The Hall–Kier alpha value is -1.88. The summed E-state index contributed by atoms with van der Waals surface area (Å²) in [6.45, 7) is 5.21. The van der Waals surface area contributed by atoms with Crippen molar-refractivity contribution < 1.29 is 9.59 Å². The van der Waals surface area contributed by atoms with E-state index >= 15 is 0 Å². The molecule has 5 nitrogen and oxygen atoms in total. The lowest BCUT2D eigenvalue weighted by molar-refractivity contribution is 0.0934. The quantitative estimate of drug-likeness (QED) is 0.819. The minimum atomic E-state index is -0.125. The molecule has 0 saturated carbocycles. The molecular weight excluding hydrogens is 254 g/mol. The Morgan fingerprint density at radius 3 is 2.00 bits per heavy atom. The van der Waals surface area contributed by atoms with Gasteiger partial charge in [-0.3, -0.25) is 9.59 Å². The van der Waals surface area contributed by atoms with E-state index in [2.05, 4.69) is 10.6 Å². The molecule has 0 radical (unpaired) electrons. The van der Waals surface area contributed by atoms with E-state index in [1.807, 2.05) is 32.8 Å². The second-order valence-corrected chi connectivity index (χ2v) is 5.26. The summed E-state index contributed by atoms with van der Waals surface area (Å²) in [6.07, 6.45) is 0. The Morgan fingerprint density at radius 1 is 1.05 bits per heavy atom. The predicted molar refractivity (Wildman–Crippen MR) is 79.9 cm³/mol. The fraction of sp³-hybridized carbons (Fsp3) is 0.467. The van der Waals surface area contributed by atoms with E-state index in [1.165, 1.54) is 0 Å². The van der Waals surface area contributed by atoms with Gasteiger partial charge >= 0.3 is 0 Å². The van der Waals surface area contributed by atoms with Gasteiger partial charge in [0.25, 0.3) is 11.8 Å². The van der Waals surface area contributed by atoms with Crippen LogP contribution in [0.2, 0.25) is 0 Å². The summed E-state index contributed by atoms with van der Waals surface area (Å²) in [5.74, 6) is -0.248. The van der Waals surface area contributed by atoms with Gasteiger partial charge < -0.3 is 15.5 Å². The van der Waals surface area contributed by atoms with E-state index in [0.29, 0.717) is 17.7 Å². The van der Waals surface area contributed by atoms with Crippen LogP contribution in [-0.4, -0.2) is 49.9 Å². The van der Waals surface area contributed by atoms with Crippen LogP contribution in [0.5, 0.6) is 0 Å². The van der Waals surface area contributed by atoms with Crippen molar-refractivity contribution in [2.24, 2.45) is 0 Å². The molecule has 0 bridgehead atoms. The van der Waals surface area contributed by atoms with Gasteiger partial charge in [-0.05, 0) is 52.2 Å². The maximum absolute atomic E-state index is 11.9. The maximum atomic E-state index is 11.9. The van der Waals surface area contributed by atoms with Gasteiger partial charge in [0.15, 0.2) is 0 Å². The summed E-state index contributed by atoms with van der Waals surface area (Å²) >= 11 is 0. The van der Waals surface area contributed by atoms with Crippen molar-refractivity contribution in [2.45, 2.75) is 19.9 Å². The summed E-state index contributed by atoms with van der Waals surface area (Å²) < 4.78 is 0. The molecule has 0 aromatic heterocycles. The molecule has 5 heteroatoms. The fourth-order valence-corrected chi connectivity index (χ4v) is 1.61. The van der Waals surface area contributed by atoms with Crippen molar-refractivity contribution in [1.29, 1.82) is 0 Å². The number of amides is 2. The molecule has 1 rings (SSSR count). The molecule has 110 valence electrons. The standard InChI is InChI=1S/C15H23N3O2/c1-11(2)17-15(20)13-7-5-12(6-8-13)14(19)16-9-10-18(3)4/h5-8,11H,9-10H2,1-4H3,(H,16,19)(H,17,20). The Morgan fingerprint density at radius 2 is 1.55 bits per heavy atom. The highest BCUT2D eigenvalue weighted by atomic mass is 16.2. The average molecular weight is 277 g/mol. The van der Waals surface area contributed by atoms with Crippen LogP contribution in [0.1, 0.15) is 34.6 Å². The molecule has 0 saturated heterocycles. The van der Waals surface area contributed by atoms with Gasteiger partial charge in [-0.15, -0.1) is 0 Å². The first-order chi connectivity index (χ1) is 9.40. The summed E-state index contributed by atoms with van der Waals surface area (Å²) in [7, 11) is 3.91. The number of rotatable bonds is 6. The summed E-state index contributed by atoms with van der Waals surface area (Å²) in [6, 6.07) is 6.76. The molecular formula is C15H23N3O2. The van der Waals surface area contributed by atoms with Crippen LogP contribution in [-0.2, 0) is 0 Å². The molecule has 0 fully saturated rings. The van der Waals surface area contributed by atoms with E-state index in [9.17, 15) is 9.59 Å². The topological polar surface area (TPSA) is 61.4 Å². The number of hydrogen-bond donors (Lipinski definition) is 2. The summed E-state index contributed by atoms with van der Waals surface area (Å²) in [4.78, 5) is 25.6. The lowest BCUT2D eigenvalue weighted by Gasteiger charge is -2.11. The third-order valence-corrected chi connectivity index (χ3v) is 2.67. The van der Waals surface area contributed by atoms with Gasteiger partial charge in [0.2, 0.25) is 0 Å². The Kier molecular flexibility index (Phi) is 6.18. The van der Waals surface area contributed by atoms with Crippen LogP contribution in [0.15, 0.2) is 24.3 Å². The zero-order valence-corrected chi connectivity index (χ0v) is 12.6. The molecule has 1 aromatic carbocycles. The number of nitrogens with one attached hydrogen (secondary N) is 2. The molecule has 2 N–H and O–H groups in total. The summed E-state index contributed by atoms with van der Waals surface area (Å²) in [5.41, 5.74) is 1.12. The molecule has 0 unspecified atom stereocenters. The fourth-order valence-electron chi connectivity index (χ4n) is 1.61.